The lowest BCUT2D eigenvalue weighted by molar-refractivity contribution is 0.102. The van der Waals surface area contributed by atoms with Crippen LogP contribution in [0.15, 0.2) is 30.3 Å². The van der Waals surface area contributed by atoms with Gasteiger partial charge in [0.25, 0.3) is 0 Å². The van der Waals surface area contributed by atoms with Gasteiger partial charge < -0.3 is 9.84 Å². The smallest absolute Gasteiger partial charge is 0.119 e. The Balaban J connectivity index is 1.61. The number of ether oxygens (including phenoxy) is 1. The van der Waals surface area contributed by atoms with E-state index in [4.69, 9.17) is 9.84 Å². The molecule has 4 heteroatoms. The van der Waals surface area contributed by atoms with Gasteiger partial charge in [-0.05, 0) is 12.1 Å². The average molecular weight is 250 g/mol. The van der Waals surface area contributed by atoms with Crippen molar-refractivity contribution in [2.75, 3.05) is 52.5 Å². The van der Waals surface area contributed by atoms with E-state index < -0.39 is 0 Å². The van der Waals surface area contributed by atoms with Gasteiger partial charge >= 0.3 is 0 Å². The van der Waals surface area contributed by atoms with E-state index in [2.05, 4.69) is 9.80 Å². The van der Waals surface area contributed by atoms with E-state index in [0.717, 1.165) is 51.6 Å². The molecular weight excluding hydrogens is 228 g/mol. The van der Waals surface area contributed by atoms with Crippen LogP contribution in [-0.2, 0) is 0 Å². The van der Waals surface area contributed by atoms with Gasteiger partial charge in [-0.1, -0.05) is 18.2 Å². The largest absolute Gasteiger partial charge is 0.492 e. The summed E-state index contributed by atoms with van der Waals surface area (Å²) in [6.07, 6.45) is 0. The Morgan fingerprint density at radius 2 is 1.56 bits per heavy atom. The summed E-state index contributed by atoms with van der Waals surface area (Å²) < 4.78 is 5.69. The number of para-hydroxylation sites is 1. The molecular formula is C14H22N2O2. The van der Waals surface area contributed by atoms with Gasteiger partial charge in [0.15, 0.2) is 0 Å². The van der Waals surface area contributed by atoms with Gasteiger partial charge in [0, 0.05) is 39.3 Å². The molecule has 18 heavy (non-hydrogen) atoms. The van der Waals surface area contributed by atoms with E-state index in [0.29, 0.717) is 0 Å². The van der Waals surface area contributed by atoms with E-state index >= 15 is 0 Å². The minimum absolute atomic E-state index is 0.261. The highest BCUT2D eigenvalue weighted by Crippen LogP contribution is 2.08. The molecule has 1 heterocycles. The molecule has 1 N–H and O–H groups in total. The van der Waals surface area contributed by atoms with Crippen molar-refractivity contribution in [2.45, 2.75) is 0 Å². The summed E-state index contributed by atoms with van der Waals surface area (Å²) in [5.74, 6) is 0.941. The first-order valence-corrected chi connectivity index (χ1v) is 6.62. The quantitative estimate of drug-likeness (QED) is 0.805. The fourth-order valence-corrected chi connectivity index (χ4v) is 2.19. The number of hydrogen-bond acceptors (Lipinski definition) is 4. The van der Waals surface area contributed by atoms with Crippen LogP contribution in [0.25, 0.3) is 0 Å². The molecule has 0 saturated carbocycles. The highest BCUT2D eigenvalue weighted by Gasteiger charge is 2.15. The van der Waals surface area contributed by atoms with Gasteiger partial charge in [-0.3, -0.25) is 9.80 Å². The first-order chi connectivity index (χ1) is 8.88. The second-order valence-electron chi connectivity index (χ2n) is 4.57. The summed E-state index contributed by atoms with van der Waals surface area (Å²) in [5, 5.41) is 8.88. The van der Waals surface area contributed by atoms with Crippen LogP contribution in [0.3, 0.4) is 0 Å². The zero-order valence-corrected chi connectivity index (χ0v) is 10.8. The minimum atomic E-state index is 0.261. The maximum Gasteiger partial charge on any atom is 0.119 e. The van der Waals surface area contributed by atoms with Crippen molar-refractivity contribution in [3.63, 3.8) is 0 Å². The van der Waals surface area contributed by atoms with E-state index in [1.165, 1.54) is 0 Å². The van der Waals surface area contributed by atoms with Crippen molar-refractivity contribution >= 4 is 0 Å². The molecule has 0 aliphatic carbocycles. The summed E-state index contributed by atoms with van der Waals surface area (Å²) in [6.45, 7) is 7.01. The second-order valence-corrected chi connectivity index (χ2v) is 4.57. The Kier molecular flexibility index (Phi) is 5.45. The zero-order valence-electron chi connectivity index (χ0n) is 10.8. The first-order valence-electron chi connectivity index (χ1n) is 6.62. The minimum Gasteiger partial charge on any atom is -0.492 e. The third-order valence-corrected chi connectivity index (χ3v) is 3.30. The Morgan fingerprint density at radius 3 is 2.17 bits per heavy atom. The Bertz CT molecular complexity index is 324. The van der Waals surface area contributed by atoms with Gasteiger partial charge in [0.05, 0.1) is 6.61 Å². The third-order valence-electron chi connectivity index (χ3n) is 3.30. The topological polar surface area (TPSA) is 35.9 Å². The Labute approximate surface area is 109 Å². The molecule has 4 nitrogen and oxygen atoms in total. The first kappa shape index (κ1) is 13.3. The number of β-amino-alcohol motifs (C(OH)–C–C–N with tert-alkyl or cyclic N) is 1. The molecule has 1 fully saturated rings. The molecule has 0 aromatic heterocycles. The Hall–Kier alpha value is -1.10. The Morgan fingerprint density at radius 1 is 0.944 bits per heavy atom. The summed E-state index contributed by atoms with van der Waals surface area (Å²) in [4.78, 5) is 4.71. The monoisotopic (exact) mass is 250 g/mol. The van der Waals surface area contributed by atoms with E-state index in [1.54, 1.807) is 0 Å². The molecule has 1 aliphatic rings. The molecule has 100 valence electrons. The third kappa shape index (κ3) is 4.29. The number of aliphatic hydroxyl groups is 1. The van der Waals surface area contributed by atoms with Crippen LogP contribution in [0, 0.1) is 0 Å². The van der Waals surface area contributed by atoms with Crippen molar-refractivity contribution < 1.29 is 9.84 Å². The van der Waals surface area contributed by atoms with Crippen LogP contribution in [-0.4, -0.2) is 67.4 Å². The molecule has 1 aromatic carbocycles. The highest BCUT2D eigenvalue weighted by atomic mass is 16.5. The van der Waals surface area contributed by atoms with Crippen LogP contribution in [0.4, 0.5) is 0 Å². The van der Waals surface area contributed by atoms with Crippen molar-refractivity contribution in [1.29, 1.82) is 0 Å². The molecule has 2 rings (SSSR count). The number of nitrogens with zero attached hydrogens (tertiary/aromatic N) is 2. The van der Waals surface area contributed by atoms with Crippen molar-refractivity contribution in [3.8, 4) is 5.75 Å². The van der Waals surface area contributed by atoms with E-state index in [9.17, 15) is 0 Å². The molecule has 0 bridgehead atoms. The van der Waals surface area contributed by atoms with Crippen molar-refractivity contribution in [2.24, 2.45) is 0 Å². The standard InChI is InChI=1S/C14H22N2O2/c17-12-10-15-6-8-16(9-7-15)11-13-18-14-4-2-1-3-5-14/h1-5,17H,6-13H2. The zero-order chi connectivity index (χ0) is 12.6. The van der Waals surface area contributed by atoms with Gasteiger partial charge in [0.2, 0.25) is 0 Å². The average Bonchev–Trinajstić information content (AvgIpc) is 2.42. The summed E-state index contributed by atoms with van der Waals surface area (Å²) >= 11 is 0. The van der Waals surface area contributed by atoms with Gasteiger partial charge in [-0.25, -0.2) is 0 Å². The maximum atomic E-state index is 8.88. The summed E-state index contributed by atoms with van der Waals surface area (Å²) in [6, 6.07) is 9.94. The highest BCUT2D eigenvalue weighted by molar-refractivity contribution is 5.20. The molecule has 0 unspecified atom stereocenters. The SMILES string of the molecule is OCCN1CCN(CCOc2ccccc2)CC1. The number of piperazine rings is 1. The van der Waals surface area contributed by atoms with Crippen LogP contribution in [0.5, 0.6) is 5.75 Å². The number of hydrogen-bond donors (Lipinski definition) is 1. The molecule has 0 atom stereocenters. The fraction of sp³-hybridized carbons (Fsp3) is 0.571. The molecule has 1 aromatic rings. The lowest BCUT2D eigenvalue weighted by atomic mass is 10.3. The lowest BCUT2D eigenvalue weighted by Crippen LogP contribution is -2.48. The number of aliphatic hydroxyl groups excluding tert-OH is 1. The van der Waals surface area contributed by atoms with Crippen LogP contribution in [0.1, 0.15) is 0 Å². The van der Waals surface area contributed by atoms with E-state index in [1.807, 2.05) is 30.3 Å². The lowest BCUT2D eigenvalue weighted by Gasteiger charge is -2.34. The molecule has 1 saturated heterocycles. The normalized spacial score (nSPS) is 17.8. The van der Waals surface area contributed by atoms with E-state index in [-0.39, 0.29) is 6.61 Å². The molecule has 0 spiro atoms. The fourth-order valence-electron chi connectivity index (χ4n) is 2.19. The summed E-state index contributed by atoms with van der Waals surface area (Å²) in [5.41, 5.74) is 0. The van der Waals surface area contributed by atoms with Crippen LogP contribution < -0.4 is 4.74 Å². The maximum absolute atomic E-state index is 8.88. The summed E-state index contributed by atoms with van der Waals surface area (Å²) in [7, 11) is 0. The number of rotatable bonds is 6. The van der Waals surface area contributed by atoms with Gasteiger partial charge in [-0.2, -0.15) is 0 Å². The second kappa shape index (κ2) is 7.36. The van der Waals surface area contributed by atoms with Gasteiger partial charge in [-0.15, -0.1) is 0 Å². The van der Waals surface area contributed by atoms with Crippen molar-refractivity contribution in [3.05, 3.63) is 30.3 Å². The predicted molar refractivity (Wildman–Crippen MR) is 71.9 cm³/mol. The van der Waals surface area contributed by atoms with Crippen LogP contribution >= 0.6 is 0 Å². The predicted octanol–water partition coefficient (Wildman–Crippen LogP) is 0.675. The van der Waals surface area contributed by atoms with Gasteiger partial charge in [0.1, 0.15) is 12.4 Å². The molecule has 0 radical (unpaired) electrons. The van der Waals surface area contributed by atoms with Crippen molar-refractivity contribution in [1.82, 2.24) is 9.80 Å². The van der Waals surface area contributed by atoms with Crippen LogP contribution in [0.2, 0.25) is 0 Å². The molecule has 0 amide bonds. The number of benzene rings is 1. The molecule has 1 aliphatic heterocycles.